The molecule has 2 atom stereocenters. The molecule has 1 N–H and O–H groups in total. The molecule has 5 nitrogen and oxygen atoms in total. The first-order chi connectivity index (χ1) is 10.7. The van der Waals surface area contributed by atoms with Crippen molar-refractivity contribution in [2.75, 3.05) is 18.1 Å². The highest BCUT2D eigenvalue weighted by Gasteiger charge is 2.30. The van der Waals surface area contributed by atoms with Crippen LogP contribution in [0.1, 0.15) is 50.8 Å². The van der Waals surface area contributed by atoms with E-state index >= 15 is 0 Å². The first-order valence-electron chi connectivity index (χ1n) is 8.14. The van der Waals surface area contributed by atoms with Crippen LogP contribution in [0.2, 0.25) is 0 Å². The van der Waals surface area contributed by atoms with Gasteiger partial charge in [0, 0.05) is 24.3 Å². The summed E-state index contributed by atoms with van der Waals surface area (Å²) in [7, 11) is 1.89. The van der Waals surface area contributed by atoms with Gasteiger partial charge in [-0.1, -0.05) is 6.92 Å². The van der Waals surface area contributed by atoms with Crippen molar-refractivity contribution >= 4 is 23.5 Å². The normalized spacial score (nSPS) is 24.3. The largest absolute Gasteiger partial charge is 0.325 e. The van der Waals surface area contributed by atoms with E-state index in [1.807, 2.05) is 23.7 Å². The van der Waals surface area contributed by atoms with E-state index in [1.165, 1.54) is 19.3 Å². The summed E-state index contributed by atoms with van der Waals surface area (Å²) < 4.78 is 0. The van der Waals surface area contributed by atoms with E-state index in [1.54, 1.807) is 12.4 Å². The number of carbonyl (C=O) groups is 1. The number of hydrogen-bond donors (Lipinski definition) is 1. The van der Waals surface area contributed by atoms with Crippen LogP contribution in [0.5, 0.6) is 0 Å². The summed E-state index contributed by atoms with van der Waals surface area (Å²) in [5.41, 5.74) is 0.679. The van der Waals surface area contributed by atoms with Gasteiger partial charge in [-0.3, -0.25) is 0 Å². The maximum absolute atomic E-state index is 12.3. The number of amides is 2. The van der Waals surface area contributed by atoms with Crippen molar-refractivity contribution in [2.24, 2.45) is 0 Å². The number of rotatable bonds is 5. The number of hydrogen-bond acceptors (Lipinski definition) is 4. The molecule has 6 heteroatoms. The van der Waals surface area contributed by atoms with Crippen molar-refractivity contribution < 1.29 is 4.79 Å². The zero-order valence-corrected chi connectivity index (χ0v) is 14.1. The van der Waals surface area contributed by atoms with Gasteiger partial charge in [-0.25, -0.2) is 14.8 Å². The molecule has 1 aromatic rings. The Morgan fingerprint density at radius 2 is 2.05 bits per heavy atom. The highest BCUT2D eigenvalue weighted by Crippen LogP contribution is 2.37. The summed E-state index contributed by atoms with van der Waals surface area (Å²) in [6, 6.07) is 0.283. The lowest BCUT2D eigenvalue weighted by atomic mass is 10.2. The molecule has 0 bridgehead atoms. The Morgan fingerprint density at radius 1 is 1.32 bits per heavy atom. The SMILES string of the molecule is CCS[C@@H]1CC[C@H](N(C)C(=O)Nc2cnc(C3CC3)nc2)C1. The summed E-state index contributed by atoms with van der Waals surface area (Å²) >= 11 is 2.01. The fraction of sp³-hybridized carbons (Fsp3) is 0.688. The molecule has 120 valence electrons. The lowest BCUT2D eigenvalue weighted by Crippen LogP contribution is -2.38. The fourth-order valence-corrected chi connectivity index (χ4v) is 4.12. The minimum atomic E-state index is -0.0603. The van der Waals surface area contributed by atoms with Crippen LogP contribution < -0.4 is 5.32 Å². The van der Waals surface area contributed by atoms with E-state index in [2.05, 4.69) is 22.2 Å². The topological polar surface area (TPSA) is 58.1 Å². The molecular formula is C16H24N4OS. The number of anilines is 1. The maximum Gasteiger partial charge on any atom is 0.321 e. The van der Waals surface area contributed by atoms with E-state index in [-0.39, 0.29) is 6.03 Å². The maximum atomic E-state index is 12.3. The van der Waals surface area contributed by atoms with Gasteiger partial charge in [0.05, 0.1) is 18.1 Å². The van der Waals surface area contributed by atoms with Crippen molar-refractivity contribution in [3.8, 4) is 0 Å². The fourth-order valence-electron chi connectivity index (χ4n) is 2.99. The van der Waals surface area contributed by atoms with Crippen molar-refractivity contribution in [1.29, 1.82) is 0 Å². The first-order valence-corrected chi connectivity index (χ1v) is 9.19. The molecule has 0 aromatic carbocycles. The Kier molecular flexibility index (Phi) is 4.86. The summed E-state index contributed by atoms with van der Waals surface area (Å²) in [6.45, 7) is 2.19. The average molecular weight is 320 g/mol. The Morgan fingerprint density at radius 3 is 2.68 bits per heavy atom. The molecule has 0 unspecified atom stereocenters. The molecule has 1 heterocycles. The molecule has 2 aliphatic carbocycles. The van der Waals surface area contributed by atoms with Crippen molar-refractivity contribution in [3.05, 3.63) is 18.2 Å². The highest BCUT2D eigenvalue weighted by atomic mass is 32.2. The van der Waals surface area contributed by atoms with Crippen molar-refractivity contribution in [1.82, 2.24) is 14.9 Å². The van der Waals surface area contributed by atoms with Crippen LogP contribution in [0.15, 0.2) is 12.4 Å². The molecule has 2 fully saturated rings. The van der Waals surface area contributed by atoms with Crippen LogP contribution in [0.3, 0.4) is 0 Å². The van der Waals surface area contributed by atoms with Crippen LogP contribution in [-0.4, -0.2) is 45.0 Å². The number of urea groups is 1. The third-order valence-electron chi connectivity index (χ3n) is 4.49. The Hall–Kier alpha value is -1.30. The second-order valence-electron chi connectivity index (χ2n) is 6.19. The Bertz CT molecular complexity index is 517. The van der Waals surface area contributed by atoms with E-state index in [0.29, 0.717) is 22.9 Å². The quantitative estimate of drug-likeness (QED) is 0.902. The standard InChI is InChI=1S/C16H24N4OS/c1-3-22-14-7-6-13(8-14)20(2)16(21)19-12-9-17-15(18-10-12)11-4-5-11/h9-11,13-14H,3-8H2,1-2H3,(H,19,21)/t13-,14+/m0/s1. The Balaban J connectivity index is 1.52. The van der Waals surface area contributed by atoms with Crippen LogP contribution >= 0.6 is 11.8 Å². The van der Waals surface area contributed by atoms with Gasteiger partial charge in [-0.15, -0.1) is 0 Å². The van der Waals surface area contributed by atoms with E-state index in [9.17, 15) is 4.79 Å². The van der Waals surface area contributed by atoms with Crippen LogP contribution in [0.25, 0.3) is 0 Å². The van der Waals surface area contributed by atoms with Crippen LogP contribution in [0.4, 0.5) is 10.5 Å². The van der Waals surface area contributed by atoms with E-state index < -0.39 is 0 Å². The number of nitrogens with one attached hydrogen (secondary N) is 1. The first kappa shape index (κ1) is 15.6. The van der Waals surface area contributed by atoms with Gasteiger partial charge < -0.3 is 10.2 Å². The number of carbonyl (C=O) groups excluding carboxylic acids is 1. The molecule has 2 aliphatic rings. The summed E-state index contributed by atoms with van der Waals surface area (Å²) in [5.74, 6) is 2.60. The zero-order chi connectivity index (χ0) is 15.5. The van der Waals surface area contributed by atoms with E-state index in [4.69, 9.17) is 0 Å². The van der Waals surface area contributed by atoms with Gasteiger partial charge >= 0.3 is 6.03 Å². The second kappa shape index (κ2) is 6.86. The second-order valence-corrected chi connectivity index (χ2v) is 7.77. The molecule has 22 heavy (non-hydrogen) atoms. The molecule has 2 saturated carbocycles. The molecule has 0 saturated heterocycles. The summed E-state index contributed by atoms with van der Waals surface area (Å²) in [5, 5.41) is 3.61. The molecule has 1 aromatic heterocycles. The smallest absolute Gasteiger partial charge is 0.321 e. The summed E-state index contributed by atoms with van der Waals surface area (Å²) in [6.07, 6.45) is 9.21. The minimum Gasteiger partial charge on any atom is -0.325 e. The third kappa shape index (κ3) is 3.72. The van der Waals surface area contributed by atoms with Gasteiger partial charge in [-0.2, -0.15) is 11.8 Å². The Labute approximate surface area is 136 Å². The number of aromatic nitrogens is 2. The highest BCUT2D eigenvalue weighted by molar-refractivity contribution is 7.99. The number of thioether (sulfide) groups is 1. The van der Waals surface area contributed by atoms with E-state index in [0.717, 1.165) is 24.4 Å². The predicted octanol–water partition coefficient (Wildman–Crippen LogP) is 3.49. The van der Waals surface area contributed by atoms with Gasteiger partial charge in [0.1, 0.15) is 5.82 Å². The molecule has 3 rings (SSSR count). The lowest BCUT2D eigenvalue weighted by Gasteiger charge is -2.24. The number of nitrogens with zero attached hydrogens (tertiary/aromatic N) is 3. The molecule has 0 aliphatic heterocycles. The molecule has 2 amide bonds. The van der Waals surface area contributed by atoms with Gasteiger partial charge in [0.15, 0.2) is 0 Å². The molecular weight excluding hydrogens is 296 g/mol. The van der Waals surface area contributed by atoms with Crippen LogP contribution in [-0.2, 0) is 0 Å². The molecule has 0 radical (unpaired) electrons. The average Bonchev–Trinajstić information content (AvgIpc) is 3.27. The van der Waals surface area contributed by atoms with Gasteiger partial charge in [-0.05, 0) is 37.9 Å². The lowest BCUT2D eigenvalue weighted by molar-refractivity contribution is 0.205. The summed E-state index contributed by atoms with van der Waals surface area (Å²) in [4.78, 5) is 22.9. The van der Waals surface area contributed by atoms with Crippen LogP contribution in [0, 0.1) is 0 Å². The predicted molar refractivity (Wildman–Crippen MR) is 90.3 cm³/mol. The molecule has 0 spiro atoms. The van der Waals surface area contributed by atoms with Gasteiger partial charge in [0.2, 0.25) is 0 Å². The van der Waals surface area contributed by atoms with Gasteiger partial charge in [0.25, 0.3) is 0 Å². The van der Waals surface area contributed by atoms with Crippen molar-refractivity contribution in [3.63, 3.8) is 0 Å². The zero-order valence-electron chi connectivity index (χ0n) is 13.3. The minimum absolute atomic E-state index is 0.0603. The third-order valence-corrected chi connectivity index (χ3v) is 5.73. The monoisotopic (exact) mass is 320 g/mol. The van der Waals surface area contributed by atoms with Crippen molar-refractivity contribution in [2.45, 2.75) is 56.2 Å².